The highest BCUT2D eigenvalue weighted by molar-refractivity contribution is 6.30. The summed E-state index contributed by atoms with van der Waals surface area (Å²) in [5.74, 6) is 0.641. The number of nitrogens with two attached hydrogens (primary N) is 1. The molecule has 0 spiro atoms. The minimum absolute atomic E-state index is 0.641. The first-order valence-electron chi connectivity index (χ1n) is 5.27. The van der Waals surface area contributed by atoms with E-state index in [-0.39, 0.29) is 0 Å². The summed E-state index contributed by atoms with van der Waals surface area (Å²) in [4.78, 5) is 0. The molecule has 2 rings (SSSR count). The van der Waals surface area contributed by atoms with Gasteiger partial charge < -0.3 is 10.3 Å². The lowest BCUT2D eigenvalue weighted by molar-refractivity contribution is 0.528. The van der Waals surface area contributed by atoms with Gasteiger partial charge in [-0.25, -0.2) is 0 Å². The van der Waals surface area contributed by atoms with E-state index in [0.29, 0.717) is 5.92 Å². The highest BCUT2D eigenvalue weighted by Gasteiger charge is 2.23. The molecule has 1 aliphatic rings. The molecule has 1 atom stereocenters. The predicted molar refractivity (Wildman–Crippen MR) is 59.8 cm³/mol. The number of fused-ring (bicyclic) bond motifs is 1. The lowest BCUT2D eigenvalue weighted by Crippen LogP contribution is -2.12. The molecule has 0 fully saturated rings. The second-order valence-corrected chi connectivity index (χ2v) is 4.49. The first-order chi connectivity index (χ1) is 6.74. The van der Waals surface area contributed by atoms with Gasteiger partial charge in [-0.1, -0.05) is 11.6 Å². The molecule has 0 bridgehead atoms. The van der Waals surface area contributed by atoms with Crippen molar-refractivity contribution in [1.82, 2.24) is 4.57 Å². The summed E-state index contributed by atoms with van der Waals surface area (Å²) >= 11 is 6.22. The van der Waals surface area contributed by atoms with Crippen LogP contribution in [-0.2, 0) is 13.5 Å². The number of halogens is 1. The van der Waals surface area contributed by atoms with Gasteiger partial charge in [0.25, 0.3) is 0 Å². The van der Waals surface area contributed by atoms with Crippen molar-refractivity contribution < 1.29 is 0 Å². The summed E-state index contributed by atoms with van der Waals surface area (Å²) < 4.78 is 2.03. The van der Waals surface area contributed by atoms with E-state index in [1.54, 1.807) is 0 Å². The van der Waals surface area contributed by atoms with Crippen molar-refractivity contribution >= 4 is 11.6 Å². The van der Waals surface area contributed by atoms with Crippen LogP contribution in [0.25, 0.3) is 0 Å². The third-order valence-electron chi connectivity index (χ3n) is 3.17. The molecule has 2 nitrogen and oxygen atoms in total. The molecular formula is C11H17ClN2. The van der Waals surface area contributed by atoms with E-state index >= 15 is 0 Å². The number of nitrogens with zero attached hydrogens (tertiary/aromatic N) is 1. The maximum absolute atomic E-state index is 6.22. The normalized spacial score (nSPS) is 20.9. The van der Waals surface area contributed by atoms with Crippen molar-refractivity contribution in [2.75, 3.05) is 6.54 Å². The van der Waals surface area contributed by atoms with Gasteiger partial charge in [0.2, 0.25) is 0 Å². The van der Waals surface area contributed by atoms with Crippen molar-refractivity contribution in [2.45, 2.75) is 31.6 Å². The van der Waals surface area contributed by atoms with Gasteiger partial charge in [-0.15, -0.1) is 0 Å². The molecule has 0 amide bonds. The van der Waals surface area contributed by atoms with Crippen molar-refractivity contribution in [3.05, 3.63) is 22.5 Å². The molecule has 3 heteroatoms. The van der Waals surface area contributed by atoms with E-state index in [1.807, 2.05) is 11.6 Å². The molecule has 1 aromatic rings. The van der Waals surface area contributed by atoms with Crippen LogP contribution >= 0.6 is 11.6 Å². The van der Waals surface area contributed by atoms with Gasteiger partial charge in [0.15, 0.2) is 0 Å². The van der Waals surface area contributed by atoms with Crippen molar-refractivity contribution in [3.63, 3.8) is 0 Å². The number of hydrogen-bond donors (Lipinski definition) is 1. The molecule has 0 aliphatic heterocycles. The molecule has 14 heavy (non-hydrogen) atoms. The summed E-state index contributed by atoms with van der Waals surface area (Å²) in [6, 6.07) is 0. The molecule has 1 aliphatic carbocycles. The average Bonchev–Trinajstić information content (AvgIpc) is 2.46. The lowest BCUT2D eigenvalue weighted by atomic mass is 9.83. The van der Waals surface area contributed by atoms with Crippen LogP contribution in [0, 0.1) is 0 Å². The third kappa shape index (κ3) is 1.57. The number of aromatic nitrogens is 1. The Morgan fingerprint density at radius 3 is 3.14 bits per heavy atom. The zero-order valence-corrected chi connectivity index (χ0v) is 9.35. The number of aryl methyl sites for hydroxylation is 1. The quantitative estimate of drug-likeness (QED) is 0.802. The van der Waals surface area contributed by atoms with Crippen LogP contribution in [0.15, 0.2) is 6.20 Å². The Morgan fingerprint density at radius 1 is 1.64 bits per heavy atom. The molecule has 0 aromatic carbocycles. The SMILES string of the molecule is Cn1cc2c(c1Cl)CCCC2CCN. The van der Waals surface area contributed by atoms with Crippen LogP contribution < -0.4 is 5.73 Å². The summed E-state index contributed by atoms with van der Waals surface area (Å²) in [5, 5.41) is 0.918. The van der Waals surface area contributed by atoms with Gasteiger partial charge in [-0.3, -0.25) is 0 Å². The van der Waals surface area contributed by atoms with Crippen LogP contribution in [-0.4, -0.2) is 11.1 Å². The fourth-order valence-electron chi connectivity index (χ4n) is 2.46. The van der Waals surface area contributed by atoms with Gasteiger partial charge in [0, 0.05) is 13.2 Å². The molecule has 1 aromatic heterocycles. The predicted octanol–water partition coefficient (Wildman–Crippen LogP) is 2.45. The highest BCUT2D eigenvalue weighted by Crippen LogP contribution is 2.37. The lowest BCUT2D eigenvalue weighted by Gasteiger charge is -2.21. The molecule has 2 N–H and O–H groups in total. The zero-order valence-electron chi connectivity index (χ0n) is 8.59. The van der Waals surface area contributed by atoms with Gasteiger partial charge in [0.1, 0.15) is 5.15 Å². The first kappa shape index (κ1) is 10.1. The van der Waals surface area contributed by atoms with E-state index in [9.17, 15) is 0 Å². The number of hydrogen-bond acceptors (Lipinski definition) is 1. The van der Waals surface area contributed by atoms with Crippen molar-refractivity contribution in [2.24, 2.45) is 12.8 Å². The molecule has 1 heterocycles. The standard InChI is InChI=1S/C11H17ClN2/c1-14-7-10-8(5-6-13)3-2-4-9(10)11(14)12/h7-8H,2-6,13H2,1H3. The van der Waals surface area contributed by atoms with Crippen molar-refractivity contribution in [3.8, 4) is 0 Å². The van der Waals surface area contributed by atoms with Gasteiger partial charge >= 0.3 is 0 Å². The van der Waals surface area contributed by atoms with Gasteiger partial charge in [-0.05, 0) is 49.3 Å². The summed E-state index contributed by atoms with van der Waals surface area (Å²) in [6.45, 7) is 0.774. The second-order valence-electron chi connectivity index (χ2n) is 4.13. The zero-order chi connectivity index (χ0) is 10.1. The minimum Gasteiger partial charge on any atom is -0.341 e. The molecule has 1 unspecified atom stereocenters. The largest absolute Gasteiger partial charge is 0.341 e. The van der Waals surface area contributed by atoms with Crippen LogP contribution in [0.3, 0.4) is 0 Å². The first-order valence-corrected chi connectivity index (χ1v) is 5.65. The highest BCUT2D eigenvalue weighted by atomic mass is 35.5. The molecule has 0 saturated carbocycles. The van der Waals surface area contributed by atoms with Crippen LogP contribution in [0.4, 0.5) is 0 Å². The van der Waals surface area contributed by atoms with E-state index < -0.39 is 0 Å². The van der Waals surface area contributed by atoms with Gasteiger partial charge in [-0.2, -0.15) is 0 Å². The maximum Gasteiger partial charge on any atom is 0.112 e. The van der Waals surface area contributed by atoms with E-state index in [1.165, 1.54) is 24.0 Å². The Hall–Kier alpha value is -0.470. The van der Waals surface area contributed by atoms with E-state index in [0.717, 1.165) is 24.5 Å². The number of rotatable bonds is 2. The fourth-order valence-corrected chi connectivity index (χ4v) is 2.71. The Kier molecular flexibility index (Phi) is 2.84. The smallest absolute Gasteiger partial charge is 0.112 e. The fraction of sp³-hybridized carbons (Fsp3) is 0.636. The van der Waals surface area contributed by atoms with Gasteiger partial charge in [0.05, 0.1) is 0 Å². The summed E-state index contributed by atoms with van der Waals surface area (Å²) in [5.41, 5.74) is 8.42. The Bertz CT molecular complexity index is 330. The third-order valence-corrected chi connectivity index (χ3v) is 3.67. The van der Waals surface area contributed by atoms with E-state index in [4.69, 9.17) is 17.3 Å². The Labute approximate surface area is 90.0 Å². The van der Waals surface area contributed by atoms with Crippen molar-refractivity contribution in [1.29, 1.82) is 0 Å². The molecule has 0 radical (unpaired) electrons. The monoisotopic (exact) mass is 212 g/mol. The molecular weight excluding hydrogens is 196 g/mol. The van der Waals surface area contributed by atoms with Crippen LogP contribution in [0.5, 0.6) is 0 Å². The maximum atomic E-state index is 6.22. The second kappa shape index (κ2) is 3.95. The average molecular weight is 213 g/mol. The van der Waals surface area contributed by atoms with Crippen LogP contribution in [0.1, 0.15) is 36.3 Å². The Morgan fingerprint density at radius 2 is 2.43 bits per heavy atom. The molecule has 78 valence electrons. The van der Waals surface area contributed by atoms with E-state index in [2.05, 4.69) is 6.20 Å². The summed E-state index contributed by atoms with van der Waals surface area (Å²) in [6.07, 6.45) is 6.92. The molecule has 0 saturated heterocycles. The summed E-state index contributed by atoms with van der Waals surface area (Å²) in [7, 11) is 2.01. The topological polar surface area (TPSA) is 30.9 Å². The Balaban J connectivity index is 2.34. The van der Waals surface area contributed by atoms with Crippen LogP contribution in [0.2, 0.25) is 5.15 Å². The minimum atomic E-state index is 0.641.